The van der Waals surface area contributed by atoms with Gasteiger partial charge in [0.05, 0.1) is 13.7 Å². The number of benzene rings is 2. The number of ether oxygens (including phenoxy) is 2. The summed E-state index contributed by atoms with van der Waals surface area (Å²) < 4.78 is 27.3. The molecule has 0 fully saturated rings. The van der Waals surface area contributed by atoms with Crippen molar-refractivity contribution in [3.63, 3.8) is 0 Å². The number of aliphatic hydroxyl groups excluding tert-OH is 1. The van der Waals surface area contributed by atoms with Crippen molar-refractivity contribution in [1.29, 1.82) is 5.41 Å². The number of carbonyl (C=O) groups is 1. The minimum absolute atomic E-state index is 0.00271. The molecule has 14 nitrogen and oxygen atoms in total. The zero-order valence-corrected chi connectivity index (χ0v) is 20.4. The van der Waals surface area contributed by atoms with Gasteiger partial charge in [-0.25, -0.2) is 23.9 Å². The molecular formula is C24H23FN8O6. The number of hydrogen-bond acceptors (Lipinski definition) is 10. The van der Waals surface area contributed by atoms with Crippen molar-refractivity contribution >= 4 is 17.6 Å². The molecule has 0 aliphatic rings. The minimum Gasteiger partial charge on any atom is -0.497 e. The Labute approximate surface area is 219 Å². The van der Waals surface area contributed by atoms with Gasteiger partial charge in [0.15, 0.2) is 17.4 Å². The number of amidine groups is 1. The zero-order valence-electron chi connectivity index (χ0n) is 20.4. The highest BCUT2D eigenvalue weighted by Crippen LogP contribution is 2.35. The van der Waals surface area contributed by atoms with Crippen LogP contribution in [0.2, 0.25) is 0 Å². The Balaban J connectivity index is 1.79. The van der Waals surface area contributed by atoms with Crippen molar-refractivity contribution in [2.24, 2.45) is 0 Å². The molecule has 0 spiro atoms. The molecule has 0 saturated carbocycles. The number of hydrogen-bond donors (Lipinski definition) is 6. The van der Waals surface area contributed by atoms with Gasteiger partial charge in [0.1, 0.15) is 24.2 Å². The van der Waals surface area contributed by atoms with Crippen LogP contribution in [-0.4, -0.2) is 67.2 Å². The Morgan fingerprint density at radius 1 is 1.23 bits per heavy atom. The molecule has 0 bridgehead atoms. The second-order valence-corrected chi connectivity index (χ2v) is 7.84. The van der Waals surface area contributed by atoms with Crippen molar-refractivity contribution in [2.75, 3.05) is 25.6 Å². The summed E-state index contributed by atoms with van der Waals surface area (Å²) in [6, 6.07) is 9.21. The number of rotatable bonds is 10. The second-order valence-electron chi connectivity index (χ2n) is 7.84. The van der Waals surface area contributed by atoms with Gasteiger partial charge in [0, 0.05) is 35.3 Å². The molecule has 0 aliphatic heterocycles. The standard InChI is InChI=1S/C24H23FN8O6/c1-38-15-11-16(18(25)17(12-15)39-10-9-34)19(21-31-23(35)33(32-21)22-27-7-2-8-28-22)29-14-5-3-13(4-6-14)20(26)30-24(36)37/h2-8,11-12,19,29,34H,9-10H2,1H3,(H2,26,30)(H,36,37)(H,31,32,35)/t19-/m1/s1. The third-order valence-corrected chi connectivity index (χ3v) is 5.30. The number of H-pyrrole nitrogens is 1. The van der Waals surface area contributed by atoms with E-state index >= 15 is 4.39 Å². The van der Waals surface area contributed by atoms with Gasteiger partial charge in [0.2, 0.25) is 0 Å². The Morgan fingerprint density at radius 2 is 1.95 bits per heavy atom. The fourth-order valence-electron chi connectivity index (χ4n) is 3.56. The molecule has 0 aliphatic carbocycles. The fraction of sp³-hybridized carbons (Fsp3) is 0.167. The monoisotopic (exact) mass is 538 g/mol. The van der Waals surface area contributed by atoms with Crippen LogP contribution in [0.3, 0.4) is 0 Å². The molecule has 0 radical (unpaired) electrons. The molecule has 4 aromatic rings. The SMILES string of the molecule is COc1cc(OCCO)c(F)c([C@@H](Nc2ccc(C(=N)NC(=O)O)cc2)c2nn(-c3ncccn3)c(=O)[nH]2)c1. The van der Waals surface area contributed by atoms with Crippen LogP contribution in [0.25, 0.3) is 5.95 Å². The molecule has 0 unspecified atom stereocenters. The van der Waals surface area contributed by atoms with Crippen LogP contribution in [0.4, 0.5) is 14.9 Å². The highest BCUT2D eigenvalue weighted by Gasteiger charge is 2.27. The first kappa shape index (κ1) is 26.7. The van der Waals surface area contributed by atoms with E-state index in [4.69, 9.17) is 25.1 Å². The van der Waals surface area contributed by atoms with E-state index in [2.05, 4.69) is 25.4 Å². The van der Waals surface area contributed by atoms with Crippen LogP contribution in [-0.2, 0) is 0 Å². The lowest BCUT2D eigenvalue weighted by molar-refractivity contribution is 0.195. The summed E-state index contributed by atoms with van der Waals surface area (Å²) in [5, 5.41) is 35.1. The third-order valence-electron chi connectivity index (χ3n) is 5.30. The van der Waals surface area contributed by atoms with E-state index < -0.39 is 23.6 Å². The molecule has 2 aromatic carbocycles. The molecule has 1 atom stereocenters. The number of anilines is 1. The van der Waals surface area contributed by atoms with Crippen molar-refractivity contribution in [3.8, 4) is 17.4 Å². The Bertz CT molecular complexity index is 1520. The summed E-state index contributed by atoms with van der Waals surface area (Å²) in [5.74, 6) is -1.09. The van der Waals surface area contributed by atoms with E-state index in [9.17, 15) is 9.59 Å². The maximum atomic E-state index is 15.7. The summed E-state index contributed by atoms with van der Waals surface area (Å²) >= 11 is 0. The average Bonchev–Trinajstić information content (AvgIpc) is 3.33. The van der Waals surface area contributed by atoms with Crippen LogP contribution in [0.1, 0.15) is 23.0 Å². The molecular weight excluding hydrogens is 515 g/mol. The Kier molecular flexibility index (Phi) is 8.11. The molecule has 202 valence electrons. The molecule has 39 heavy (non-hydrogen) atoms. The van der Waals surface area contributed by atoms with E-state index in [1.807, 2.05) is 5.32 Å². The van der Waals surface area contributed by atoms with E-state index in [1.54, 1.807) is 6.07 Å². The lowest BCUT2D eigenvalue weighted by Crippen LogP contribution is -2.28. The van der Waals surface area contributed by atoms with Gasteiger partial charge < -0.3 is 25.0 Å². The molecule has 4 rings (SSSR count). The van der Waals surface area contributed by atoms with Gasteiger partial charge >= 0.3 is 11.8 Å². The third kappa shape index (κ3) is 6.16. The van der Waals surface area contributed by atoms with Crippen LogP contribution >= 0.6 is 0 Å². The van der Waals surface area contributed by atoms with Crippen molar-refractivity contribution < 1.29 is 28.9 Å². The number of halogens is 1. The van der Waals surface area contributed by atoms with E-state index in [-0.39, 0.29) is 53.4 Å². The van der Waals surface area contributed by atoms with Crippen LogP contribution < -0.4 is 25.8 Å². The predicted octanol–water partition coefficient (Wildman–Crippen LogP) is 1.66. The van der Waals surface area contributed by atoms with Gasteiger partial charge in [-0.15, -0.1) is 9.78 Å². The second kappa shape index (κ2) is 11.8. The summed E-state index contributed by atoms with van der Waals surface area (Å²) in [6.45, 7) is -0.517. The van der Waals surface area contributed by atoms with E-state index in [0.29, 0.717) is 5.69 Å². The number of aliphatic hydroxyl groups is 1. The quantitative estimate of drug-likeness (QED) is 0.127. The van der Waals surface area contributed by atoms with Gasteiger partial charge in [-0.3, -0.25) is 15.7 Å². The van der Waals surface area contributed by atoms with Crippen LogP contribution in [0, 0.1) is 11.2 Å². The smallest absolute Gasteiger partial charge is 0.410 e. The summed E-state index contributed by atoms with van der Waals surface area (Å²) in [5.41, 5.74) is 0.0112. The fourth-order valence-corrected chi connectivity index (χ4v) is 3.56. The topological polar surface area (TPSA) is 200 Å². The number of amides is 1. The summed E-state index contributed by atoms with van der Waals surface area (Å²) in [6.07, 6.45) is 1.49. The normalized spacial score (nSPS) is 11.5. The number of aromatic nitrogens is 5. The zero-order chi connectivity index (χ0) is 27.9. The number of nitrogens with zero attached hydrogens (tertiary/aromatic N) is 4. The highest BCUT2D eigenvalue weighted by atomic mass is 19.1. The average molecular weight is 538 g/mol. The van der Waals surface area contributed by atoms with Crippen molar-refractivity contribution in [1.82, 2.24) is 30.0 Å². The van der Waals surface area contributed by atoms with E-state index in [1.165, 1.54) is 55.9 Å². The molecule has 2 aromatic heterocycles. The molecule has 1 amide bonds. The van der Waals surface area contributed by atoms with Gasteiger partial charge in [-0.2, -0.15) is 0 Å². The Morgan fingerprint density at radius 3 is 2.59 bits per heavy atom. The largest absolute Gasteiger partial charge is 0.497 e. The maximum absolute atomic E-state index is 15.7. The molecule has 6 N–H and O–H groups in total. The molecule has 0 saturated heterocycles. The van der Waals surface area contributed by atoms with Gasteiger partial charge in [0.25, 0.3) is 5.95 Å². The number of aromatic amines is 1. The Hall–Kier alpha value is -5.31. The first-order valence-electron chi connectivity index (χ1n) is 11.3. The first-order chi connectivity index (χ1) is 18.8. The van der Waals surface area contributed by atoms with Gasteiger partial charge in [-0.05, 0) is 36.4 Å². The lowest BCUT2D eigenvalue weighted by atomic mass is 10.0. The van der Waals surface area contributed by atoms with Crippen molar-refractivity contribution in [3.05, 3.63) is 88.1 Å². The summed E-state index contributed by atoms with van der Waals surface area (Å²) in [4.78, 5) is 34.2. The maximum Gasteiger partial charge on any atom is 0.410 e. The van der Waals surface area contributed by atoms with Crippen LogP contribution in [0.5, 0.6) is 11.5 Å². The van der Waals surface area contributed by atoms with Crippen molar-refractivity contribution in [2.45, 2.75) is 6.04 Å². The van der Waals surface area contributed by atoms with Crippen LogP contribution in [0.15, 0.2) is 59.7 Å². The summed E-state index contributed by atoms with van der Waals surface area (Å²) in [7, 11) is 1.39. The number of nitrogens with one attached hydrogen (secondary N) is 4. The van der Waals surface area contributed by atoms with E-state index in [0.717, 1.165) is 4.68 Å². The number of methoxy groups -OCH3 is 1. The lowest BCUT2D eigenvalue weighted by Gasteiger charge is -2.21. The first-order valence-corrected chi connectivity index (χ1v) is 11.3. The highest BCUT2D eigenvalue weighted by molar-refractivity contribution is 6.04. The van der Waals surface area contributed by atoms with Gasteiger partial charge in [-0.1, -0.05) is 0 Å². The number of carboxylic acid groups (broad SMARTS) is 1. The molecule has 15 heteroatoms. The minimum atomic E-state index is -1.38. The molecule has 2 heterocycles. The predicted molar refractivity (Wildman–Crippen MR) is 135 cm³/mol.